The van der Waals surface area contributed by atoms with Crippen molar-refractivity contribution in [1.82, 2.24) is 10.6 Å². The Kier molecular flexibility index (Phi) is 5.97. The number of nitrogens with one attached hydrogen (secondary N) is 2. The summed E-state index contributed by atoms with van der Waals surface area (Å²) in [4.78, 5) is 11.0. The minimum absolute atomic E-state index is 0.269. The van der Waals surface area contributed by atoms with E-state index in [-0.39, 0.29) is 12.6 Å². The second-order valence-electron chi connectivity index (χ2n) is 3.05. The molecule has 0 heterocycles. The number of rotatable bonds is 4. The SMILES string of the molecule is CC/C(C)=C/NC(=O)NCC(C)O. The first-order chi connectivity index (χ1) is 6.06. The van der Waals surface area contributed by atoms with Gasteiger partial charge < -0.3 is 15.7 Å². The molecule has 0 bridgehead atoms. The summed E-state index contributed by atoms with van der Waals surface area (Å²) in [6, 6.07) is -0.284. The molecule has 13 heavy (non-hydrogen) atoms. The van der Waals surface area contributed by atoms with Crippen LogP contribution in [0, 0.1) is 0 Å². The highest BCUT2D eigenvalue weighted by atomic mass is 16.3. The molecule has 0 rings (SSSR count). The van der Waals surface area contributed by atoms with Gasteiger partial charge in [0.15, 0.2) is 0 Å². The molecule has 4 nitrogen and oxygen atoms in total. The topological polar surface area (TPSA) is 61.4 Å². The van der Waals surface area contributed by atoms with E-state index in [1.165, 1.54) is 0 Å². The van der Waals surface area contributed by atoms with Gasteiger partial charge in [-0.1, -0.05) is 12.5 Å². The maximum absolute atomic E-state index is 11.0. The first-order valence-electron chi connectivity index (χ1n) is 4.44. The van der Waals surface area contributed by atoms with Crippen molar-refractivity contribution in [2.75, 3.05) is 6.54 Å². The van der Waals surface area contributed by atoms with E-state index in [1.807, 2.05) is 13.8 Å². The Morgan fingerprint density at radius 1 is 1.62 bits per heavy atom. The lowest BCUT2D eigenvalue weighted by Crippen LogP contribution is -2.36. The van der Waals surface area contributed by atoms with E-state index in [9.17, 15) is 4.79 Å². The third-order valence-corrected chi connectivity index (χ3v) is 1.57. The van der Waals surface area contributed by atoms with Crippen LogP contribution in [-0.4, -0.2) is 23.8 Å². The molecule has 2 amide bonds. The van der Waals surface area contributed by atoms with Crippen molar-refractivity contribution in [3.8, 4) is 0 Å². The summed E-state index contributed by atoms with van der Waals surface area (Å²) < 4.78 is 0. The molecule has 4 heteroatoms. The van der Waals surface area contributed by atoms with Crippen LogP contribution in [0.4, 0.5) is 4.79 Å². The lowest BCUT2D eigenvalue weighted by Gasteiger charge is -2.06. The van der Waals surface area contributed by atoms with Gasteiger partial charge in [0, 0.05) is 12.7 Å². The van der Waals surface area contributed by atoms with Crippen LogP contribution < -0.4 is 10.6 Å². The van der Waals surface area contributed by atoms with Crippen molar-refractivity contribution in [2.24, 2.45) is 0 Å². The summed E-state index contributed by atoms with van der Waals surface area (Å²) in [6.45, 7) is 5.84. The van der Waals surface area contributed by atoms with Crippen molar-refractivity contribution < 1.29 is 9.90 Å². The van der Waals surface area contributed by atoms with E-state index < -0.39 is 6.10 Å². The summed E-state index contributed by atoms with van der Waals surface area (Å²) in [6.07, 6.45) is 2.07. The van der Waals surface area contributed by atoms with Gasteiger partial charge in [0.1, 0.15) is 0 Å². The van der Waals surface area contributed by atoms with Gasteiger partial charge in [-0.05, 0) is 20.3 Å². The Morgan fingerprint density at radius 2 is 2.23 bits per heavy atom. The maximum atomic E-state index is 11.0. The Bertz CT molecular complexity index is 188. The second kappa shape index (κ2) is 6.48. The molecule has 0 aliphatic heterocycles. The molecule has 1 atom stereocenters. The Morgan fingerprint density at radius 3 is 2.69 bits per heavy atom. The number of hydrogen-bond donors (Lipinski definition) is 3. The van der Waals surface area contributed by atoms with Crippen molar-refractivity contribution in [2.45, 2.75) is 33.3 Å². The fourth-order valence-electron chi connectivity index (χ4n) is 0.582. The lowest BCUT2D eigenvalue weighted by molar-refractivity contribution is 0.188. The predicted molar refractivity (Wildman–Crippen MR) is 52.3 cm³/mol. The molecule has 0 saturated carbocycles. The Labute approximate surface area is 79.0 Å². The van der Waals surface area contributed by atoms with E-state index in [1.54, 1.807) is 13.1 Å². The molecule has 0 aromatic carbocycles. The predicted octanol–water partition coefficient (Wildman–Crippen LogP) is 0.980. The average molecular weight is 186 g/mol. The van der Waals surface area contributed by atoms with Gasteiger partial charge in [0.05, 0.1) is 6.10 Å². The highest BCUT2D eigenvalue weighted by Gasteiger charge is 1.99. The third-order valence-electron chi connectivity index (χ3n) is 1.57. The van der Waals surface area contributed by atoms with E-state index in [0.717, 1.165) is 12.0 Å². The minimum atomic E-state index is -0.512. The average Bonchev–Trinajstić information content (AvgIpc) is 2.10. The third kappa shape index (κ3) is 7.33. The van der Waals surface area contributed by atoms with Crippen LogP contribution in [0.15, 0.2) is 11.8 Å². The van der Waals surface area contributed by atoms with E-state index in [2.05, 4.69) is 10.6 Å². The fraction of sp³-hybridized carbons (Fsp3) is 0.667. The van der Waals surface area contributed by atoms with Crippen LogP contribution >= 0.6 is 0 Å². The van der Waals surface area contributed by atoms with Crippen LogP contribution in [0.3, 0.4) is 0 Å². The normalized spacial score (nSPS) is 13.7. The number of carbonyl (C=O) groups is 1. The largest absolute Gasteiger partial charge is 0.392 e. The van der Waals surface area contributed by atoms with E-state index in [0.29, 0.717) is 0 Å². The molecule has 3 N–H and O–H groups in total. The summed E-state index contributed by atoms with van der Waals surface area (Å²) in [5, 5.41) is 13.9. The number of amides is 2. The number of hydrogen-bond acceptors (Lipinski definition) is 2. The molecule has 76 valence electrons. The molecule has 0 radical (unpaired) electrons. The van der Waals surface area contributed by atoms with Crippen molar-refractivity contribution in [3.63, 3.8) is 0 Å². The Balaban J connectivity index is 3.63. The van der Waals surface area contributed by atoms with Crippen LogP contribution in [-0.2, 0) is 0 Å². The van der Waals surface area contributed by atoms with E-state index in [4.69, 9.17) is 5.11 Å². The number of carbonyl (C=O) groups excluding carboxylic acids is 1. The summed E-state index contributed by atoms with van der Waals surface area (Å²) in [5.41, 5.74) is 1.10. The summed E-state index contributed by atoms with van der Waals surface area (Å²) in [5.74, 6) is 0. The molecule has 0 saturated heterocycles. The number of aliphatic hydroxyl groups excluding tert-OH is 1. The zero-order valence-electron chi connectivity index (χ0n) is 8.42. The first-order valence-corrected chi connectivity index (χ1v) is 4.44. The van der Waals surface area contributed by atoms with Crippen LogP contribution in [0.25, 0.3) is 0 Å². The van der Waals surface area contributed by atoms with Gasteiger partial charge in [0.2, 0.25) is 0 Å². The highest BCUT2D eigenvalue weighted by molar-refractivity contribution is 5.74. The first kappa shape index (κ1) is 12.0. The van der Waals surface area contributed by atoms with Gasteiger partial charge in [0.25, 0.3) is 0 Å². The molecule has 0 fully saturated rings. The summed E-state index contributed by atoms with van der Waals surface area (Å²) >= 11 is 0. The van der Waals surface area contributed by atoms with Gasteiger partial charge in [-0.2, -0.15) is 0 Å². The van der Waals surface area contributed by atoms with Crippen molar-refractivity contribution in [3.05, 3.63) is 11.8 Å². The molecule has 0 aliphatic rings. The Hall–Kier alpha value is -1.03. The van der Waals surface area contributed by atoms with Gasteiger partial charge in [-0.3, -0.25) is 0 Å². The molecule has 0 aromatic heterocycles. The number of allylic oxidation sites excluding steroid dienone is 1. The van der Waals surface area contributed by atoms with Gasteiger partial charge in [-0.25, -0.2) is 4.79 Å². The fourth-order valence-corrected chi connectivity index (χ4v) is 0.582. The molecular formula is C9H18N2O2. The zero-order valence-corrected chi connectivity index (χ0v) is 8.42. The highest BCUT2D eigenvalue weighted by Crippen LogP contribution is 1.94. The van der Waals surface area contributed by atoms with E-state index >= 15 is 0 Å². The standard InChI is InChI=1S/C9H18N2O2/c1-4-7(2)5-10-9(13)11-6-8(3)12/h5,8,12H,4,6H2,1-3H3,(H2,10,11,13)/b7-5+. The van der Waals surface area contributed by atoms with Crippen LogP contribution in [0.1, 0.15) is 27.2 Å². The molecule has 1 unspecified atom stereocenters. The minimum Gasteiger partial charge on any atom is -0.392 e. The lowest BCUT2D eigenvalue weighted by atomic mass is 10.3. The molecule has 0 spiro atoms. The van der Waals surface area contributed by atoms with Gasteiger partial charge in [-0.15, -0.1) is 0 Å². The van der Waals surface area contributed by atoms with Gasteiger partial charge >= 0.3 is 6.03 Å². The quantitative estimate of drug-likeness (QED) is 0.613. The molecular weight excluding hydrogens is 168 g/mol. The molecule has 0 aromatic rings. The molecule has 0 aliphatic carbocycles. The second-order valence-corrected chi connectivity index (χ2v) is 3.05. The zero-order chi connectivity index (χ0) is 10.3. The van der Waals surface area contributed by atoms with Crippen LogP contribution in [0.5, 0.6) is 0 Å². The number of aliphatic hydroxyl groups is 1. The monoisotopic (exact) mass is 186 g/mol. The van der Waals surface area contributed by atoms with Crippen LogP contribution in [0.2, 0.25) is 0 Å². The van der Waals surface area contributed by atoms with Crippen molar-refractivity contribution in [1.29, 1.82) is 0 Å². The maximum Gasteiger partial charge on any atom is 0.318 e. The van der Waals surface area contributed by atoms with Crippen molar-refractivity contribution >= 4 is 6.03 Å². The summed E-state index contributed by atoms with van der Waals surface area (Å²) in [7, 11) is 0. The smallest absolute Gasteiger partial charge is 0.318 e. The number of urea groups is 1.